The fourth-order valence-corrected chi connectivity index (χ4v) is 3.22. The molecule has 0 fully saturated rings. The third-order valence-corrected chi connectivity index (χ3v) is 4.73. The number of carbonyl (C=O) groups excluding carboxylic acids is 1. The summed E-state index contributed by atoms with van der Waals surface area (Å²) in [5, 5.41) is 13.4. The van der Waals surface area contributed by atoms with E-state index < -0.39 is 11.4 Å². The van der Waals surface area contributed by atoms with Gasteiger partial charge >= 0.3 is 6.09 Å². The van der Waals surface area contributed by atoms with Crippen LogP contribution < -0.4 is 4.74 Å². The average Bonchev–Trinajstić information content (AvgIpc) is 3.31. The van der Waals surface area contributed by atoms with Gasteiger partial charge < -0.3 is 9.47 Å². The molecule has 0 atom stereocenters. The highest BCUT2D eigenvalue weighted by molar-refractivity contribution is 5.69. The van der Waals surface area contributed by atoms with Gasteiger partial charge in [0.05, 0.1) is 30.4 Å². The van der Waals surface area contributed by atoms with Crippen molar-refractivity contribution in [3.05, 3.63) is 70.8 Å². The number of benzene rings is 1. The van der Waals surface area contributed by atoms with Crippen molar-refractivity contribution < 1.29 is 18.7 Å². The van der Waals surface area contributed by atoms with Crippen molar-refractivity contribution in [3.63, 3.8) is 0 Å². The predicted octanol–water partition coefficient (Wildman–Crippen LogP) is 4.11. The molecule has 9 heteroatoms. The van der Waals surface area contributed by atoms with Crippen LogP contribution in [0.1, 0.15) is 43.2 Å². The Morgan fingerprint density at radius 2 is 2.06 bits per heavy atom. The molecule has 3 heterocycles. The maximum atomic E-state index is 14.1. The molecule has 3 aromatic rings. The Morgan fingerprint density at radius 1 is 1.25 bits per heavy atom. The fourth-order valence-electron chi connectivity index (χ4n) is 3.22. The molecule has 0 spiro atoms. The van der Waals surface area contributed by atoms with E-state index in [1.807, 2.05) is 33.0 Å². The highest BCUT2D eigenvalue weighted by atomic mass is 19.1. The van der Waals surface area contributed by atoms with Crippen LogP contribution in [0.3, 0.4) is 0 Å². The number of aromatic nitrogens is 3. The van der Waals surface area contributed by atoms with Gasteiger partial charge in [-0.15, -0.1) is 0 Å². The zero-order chi connectivity index (χ0) is 22.9. The maximum Gasteiger partial charge on any atom is 0.410 e. The number of carbonyl (C=O) groups is 1. The number of ether oxygens (including phenoxy) is 2. The summed E-state index contributed by atoms with van der Waals surface area (Å²) in [7, 11) is 0. The second-order valence-corrected chi connectivity index (χ2v) is 8.42. The van der Waals surface area contributed by atoms with E-state index >= 15 is 0 Å². The highest BCUT2D eigenvalue weighted by Gasteiger charge is 2.30. The Balaban J connectivity index is 1.43. The predicted molar refractivity (Wildman–Crippen MR) is 112 cm³/mol. The van der Waals surface area contributed by atoms with Crippen molar-refractivity contribution in [2.24, 2.45) is 0 Å². The van der Waals surface area contributed by atoms with Crippen molar-refractivity contribution in [1.29, 1.82) is 5.26 Å². The first-order chi connectivity index (χ1) is 15.2. The summed E-state index contributed by atoms with van der Waals surface area (Å²) in [6, 6.07) is 11.4. The maximum absolute atomic E-state index is 14.1. The molecule has 0 N–H and O–H groups in total. The van der Waals surface area contributed by atoms with Crippen molar-refractivity contribution >= 4 is 6.09 Å². The molecule has 0 saturated carbocycles. The molecule has 0 radical (unpaired) electrons. The van der Waals surface area contributed by atoms with E-state index in [1.165, 1.54) is 18.2 Å². The van der Waals surface area contributed by atoms with Crippen molar-refractivity contribution in [2.75, 3.05) is 0 Å². The number of amides is 1. The molecule has 2 aromatic heterocycles. The number of rotatable bonds is 4. The summed E-state index contributed by atoms with van der Waals surface area (Å²) >= 11 is 0. The third kappa shape index (κ3) is 4.70. The van der Waals surface area contributed by atoms with Crippen LogP contribution in [-0.4, -0.2) is 31.4 Å². The fraction of sp³-hybridized carbons (Fsp3) is 0.304. The molecule has 1 aliphatic rings. The first kappa shape index (κ1) is 21.3. The van der Waals surface area contributed by atoms with Crippen LogP contribution >= 0.6 is 0 Å². The molecule has 164 valence electrons. The van der Waals surface area contributed by atoms with Gasteiger partial charge in [-0.05, 0) is 39.0 Å². The summed E-state index contributed by atoms with van der Waals surface area (Å²) in [6.07, 6.45) is 1.46. The van der Waals surface area contributed by atoms with E-state index in [1.54, 1.807) is 27.8 Å². The molecule has 0 unspecified atom stereocenters. The Kier molecular flexibility index (Phi) is 5.53. The Labute approximate surface area is 184 Å². The van der Waals surface area contributed by atoms with Gasteiger partial charge in [-0.3, -0.25) is 4.90 Å². The summed E-state index contributed by atoms with van der Waals surface area (Å²) < 4.78 is 26.7. The van der Waals surface area contributed by atoms with Crippen LogP contribution in [0.25, 0.3) is 5.82 Å². The van der Waals surface area contributed by atoms with Crippen LogP contribution in [0, 0.1) is 17.1 Å². The first-order valence-corrected chi connectivity index (χ1v) is 10.1. The standard InChI is InChI=1S/C23H22FN5O3/c1-23(2,3)32-22(30)28-11-17-12-29(27-19(17)13-28)20-5-4-6-21(26-20)31-14-16-8-7-15(10-25)9-18(16)24/h4-9,12H,11,13-14H2,1-3H3. The van der Waals surface area contributed by atoms with Crippen molar-refractivity contribution in [1.82, 2.24) is 19.7 Å². The van der Waals surface area contributed by atoms with E-state index in [4.69, 9.17) is 14.7 Å². The minimum Gasteiger partial charge on any atom is -0.473 e. The number of nitriles is 1. The zero-order valence-electron chi connectivity index (χ0n) is 18.0. The summed E-state index contributed by atoms with van der Waals surface area (Å²) in [6.45, 7) is 6.25. The Morgan fingerprint density at radius 3 is 2.75 bits per heavy atom. The molecular formula is C23H22FN5O3. The molecule has 8 nitrogen and oxygen atoms in total. The first-order valence-electron chi connectivity index (χ1n) is 10.1. The highest BCUT2D eigenvalue weighted by Crippen LogP contribution is 2.25. The van der Waals surface area contributed by atoms with Gasteiger partial charge in [0.25, 0.3) is 0 Å². The lowest BCUT2D eigenvalue weighted by atomic mass is 10.1. The SMILES string of the molecule is CC(C)(C)OC(=O)N1Cc2cn(-c3cccc(OCc4ccc(C#N)cc4F)n3)nc2C1. The van der Waals surface area contributed by atoms with Gasteiger partial charge in [0.15, 0.2) is 5.82 Å². The quantitative estimate of drug-likeness (QED) is 0.612. The number of hydrogen-bond acceptors (Lipinski definition) is 6. The molecule has 1 aromatic carbocycles. The molecule has 1 amide bonds. The van der Waals surface area contributed by atoms with Gasteiger partial charge in [0.2, 0.25) is 5.88 Å². The van der Waals surface area contributed by atoms with Gasteiger partial charge in [0.1, 0.15) is 18.0 Å². The van der Waals surface area contributed by atoms with Crippen LogP contribution in [0.5, 0.6) is 5.88 Å². The molecular weight excluding hydrogens is 413 g/mol. The van der Waals surface area contributed by atoms with E-state index in [0.29, 0.717) is 30.4 Å². The lowest BCUT2D eigenvalue weighted by Gasteiger charge is -2.24. The third-order valence-electron chi connectivity index (χ3n) is 4.73. The lowest BCUT2D eigenvalue weighted by Crippen LogP contribution is -2.33. The van der Waals surface area contributed by atoms with Gasteiger partial charge in [-0.1, -0.05) is 12.1 Å². The van der Waals surface area contributed by atoms with Crippen molar-refractivity contribution in [3.8, 4) is 17.8 Å². The van der Waals surface area contributed by atoms with Crippen LogP contribution in [0.2, 0.25) is 0 Å². The number of nitrogens with zero attached hydrogens (tertiary/aromatic N) is 5. The van der Waals surface area contributed by atoms with Crippen molar-refractivity contribution in [2.45, 2.75) is 46.1 Å². The van der Waals surface area contributed by atoms with E-state index in [0.717, 1.165) is 11.3 Å². The number of hydrogen-bond donors (Lipinski definition) is 0. The zero-order valence-corrected chi connectivity index (χ0v) is 18.0. The minimum absolute atomic E-state index is 0.0194. The number of pyridine rings is 1. The number of halogens is 1. The topological polar surface area (TPSA) is 93.3 Å². The summed E-state index contributed by atoms with van der Waals surface area (Å²) in [4.78, 5) is 18.3. The largest absolute Gasteiger partial charge is 0.473 e. The molecule has 0 bridgehead atoms. The molecule has 0 aliphatic carbocycles. The minimum atomic E-state index is -0.554. The monoisotopic (exact) mass is 435 g/mol. The average molecular weight is 435 g/mol. The van der Waals surface area contributed by atoms with E-state index in [9.17, 15) is 9.18 Å². The van der Waals surface area contributed by atoms with Crippen LogP contribution in [0.4, 0.5) is 9.18 Å². The van der Waals surface area contributed by atoms with Crippen LogP contribution in [-0.2, 0) is 24.4 Å². The van der Waals surface area contributed by atoms with Crippen LogP contribution in [0.15, 0.2) is 42.6 Å². The smallest absolute Gasteiger partial charge is 0.410 e. The normalized spacial score (nSPS) is 12.9. The molecule has 32 heavy (non-hydrogen) atoms. The second kappa shape index (κ2) is 8.30. The molecule has 4 rings (SSSR count). The van der Waals surface area contributed by atoms with E-state index in [2.05, 4.69) is 10.1 Å². The summed E-state index contributed by atoms with van der Waals surface area (Å²) in [5.41, 5.74) is 1.73. The molecule has 0 saturated heterocycles. The Bertz CT molecular complexity index is 1190. The van der Waals surface area contributed by atoms with E-state index in [-0.39, 0.29) is 18.3 Å². The lowest BCUT2D eigenvalue weighted by molar-refractivity contribution is 0.0239. The molecule has 1 aliphatic heterocycles. The summed E-state index contributed by atoms with van der Waals surface area (Å²) in [5.74, 6) is 0.358. The van der Waals surface area contributed by atoms with Gasteiger partial charge in [-0.25, -0.2) is 13.9 Å². The van der Waals surface area contributed by atoms with Gasteiger partial charge in [-0.2, -0.15) is 15.3 Å². The Hall–Kier alpha value is -3.93. The second-order valence-electron chi connectivity index (χ2n) is 8.42. The number of fused-ring (bicyclic) bond motifs is 1. The van der Waals surface area contributed by atoms with Gasteiger partial charge in [0, 0.05) is 23.4 Å².